The lowest BCUT2D eigenvalue weighted by atomic mass is 9.92. The number of nitrogens with zero attached hydrogens (tertiary/aromatic N) is 5. The van der Waals surface area contributed by atoms with Crippen molar-refractivity contribution >= 4 is 39.3 Å². The van der Waals surface area contributed by atoms with E-state index in [2.05, 4.69) is 15.1 Å². The molecule has 1 aliphatic heterocycles. The first-order chi connectivity index (χ1) is 17.5. The van der Waals surface area contributed by atoms with E-state index < -0.39 is 17.3 Å². The molecule has 1 unspecified atom stereocenters. The van der Waals surface area contributed by atoms with E-state index in [1.54, 1.807) is 15.6 Å². The molecule has 0 fully saturated rings. The number of benzene rings is 1. The van der Waals surface area contributed by atoms with Crippen LogP contribution in [0.4, 0.5) is 10.6 Å². The molecule has 0 radical (unpaired) electrons. The van der Waals surface area contributed by atoms with Crippen molar-refractivity contribution in [1.29, 1.82) is 0 Å². The Morgan fingerprint density at radius 3 is 2.59 bits per heavy atom. The van der Waals surface area contributed by atoms with Gasteiger partial charge in [-0.05, 0) is 58.1 Å². The normalized spacial score (nSPS) is 15.2. The second-order valence-electron chi connectivity index (χ2n) is 10.2. The molecule has 5 rings (SSSR count). The number of carbonyl (C=O) groups is 1. The average molecular weight is 503 g/mol. The number of anilines is 1. The van der Waals surface area contributed by atoms with Crippen molar-refractivity contribution in [1.82, 2.24) is 24.6 Å². The Morgan fingerprint density at radius 1 is 1.19 bits per heavy atom. The molecule has 1 atom stereocenters. The van der Waals surface area contributed by atoms with Crippen molar-refractivity contribution in [3.63, 3.8) is 0 Å². The first kappa shape index (κ1) is 24.5. The van der Waals surface area contributed by atoms with Gasteiger partial charge in [0.25, 0.3) is 0 Å². The van der Waals surface area contributed by atoms with Gasteiger partial charge in [-0.1, -0.05) is 24.3 Å². The van der Waals surface area contributed by atoms with Crippen molar-refractivity contribution in [2.45, 2.75) is 52.7 Å². The lowest BCUT2D eigenvalue weighted by Gasteiger charge is -2.30. The molecule has 192 valence electrons. The molecule has 0 saturated carbocycles. The van der Waals surface area contributed by atoms with E-state index in [1.807, 2.05) is 58.9 Å². The van der Waals surface area contributed by atoms with Gasteiger partial charge < -0.3 is 19.8 Å². The Hall–Kier alpha value is -4.21. The summed E-state index contributed by atoms with van der Waals surface area (Å²) in [6.45, 7) is 10.2. The molecule has 1 aromatic carbocycles. The smallest absolute Gasteiger partial charge is 0.410 e. The van der Waals surface area contributed by atoms with Gasteiger partial charge in [0.2, 0.25) is 0 Å². The second kappa shape index (κ2) is 9.02. The average Bonchev–Trinajstić information content (AvgIpc) is 3.20. The summed E-state index contributed by atoms with van der Waals surface area (Å²) in [4.78, 5) is 35.8. The van der Waals surface area contributed by atoms with Crippen LogP contribution in [0.15, 0.2) is 45.9 Å². The molecular formula is C27H30N6O4. The minimum atomic E-state index is -0.569. The molecule has 1 amide bonds. The predicted octanol–water partition coefficient (Wildman–Crippen LogP) is 4.46. The maximum absolute atomic E-state index is 13.0. The number of aryl methyl sites for hydroxylation is 1. The Balaban J connectivity index is 1.63. The minimum absolute atomic E-state index is 0.346. The van der Waals surface area contributed by atoms with Gasteiger partial charge in [0, 0.05) is 18.7 Å². The minimum Gasteiger partial charge on any atom is -0.444 e. The summed E-state index contributed by atoms with van der Waals surface area (Å²) in [5.41, 5.74) is 8.18. The van der Waals surface area contributed by atoms with E-state index in [0.717, 1.165) is 16.5 Å². The molecule has 4 heterocycles. The van der Waals surface area contributed by atoms with Crippen LogP contribution in [0, 0.1) is 6.92 Å². The SMILES string of the molecule is Cc1nn(C(C)c2oc(=O)c3ccccc3c2C2=CCN(C(=O)OC(C)(C)C)CC2)c2ncnc(N)c12. The van der Waals surface area contributed by atoms with Crippen molar-refractivity contribution < 1.29 is 13.9 Å². The van der Waals surface area contributed by atoms with E-state index in [4.69, 9.17) is 14.9 Å². The number of hydrogen-bond donors (Lipinski definition) is 1. The predicted molar refractivity (Wildman–Crippen MR) is 141 cm³/mol. The van der Waals surface area contributed by atoms with Gasteiger partial charge >= 0.3 is 11.7 Å². The number of hydrogen-bond acceptors (Lipinski definition) is 8. The number of nitrogens with two attached hydrogens (primary N) is 1. The lowest BCUT2D eigenvalue weighted by molar-refractivity contribution is 0.0270. The fraction of sp³-hybridized carbons (Fsp3) is 0.370. The largest absolute Gasteiger partial charge is 0.444 e. The molecule has 2 N–H and O–H groups in total. The van der Waals surface area contributed by atoms with E-state index in [0.29, 0.717) is 53.2 Å². The fourth-order valence-electron chi connectivity index (χ4n) is 4.78. The molecule has 0 bridgehead atoms. The van der Waals surface area contributed by atoms with Gasteiger partial charge in [-0.2, -0.15) is 5.10 Å². The molecular weight excluding hydrogens is 472 g/mol. The summed E-state index contributed by atoms with van der Waals surface area (Å²) in [7, 11) is 0. The quantitative estimate of drug-likeness (QED) is 0.435. The van der Waals surface area contributed by atoms with Crippen LogP contribution in [0.5, 0.6) is 0 Å². The number of rotatable bonds is 3. The van der Waals surface area contributed by atoms with Crippen LogP contribution in [-0.2, 0) is 4.74 Å². The van der Waals surface area contributed by atoms with Crippen molar-refractivity contribution in [2.75, 3.05) is 18.8 Å². The number of carbonyl (C=O) groups excluding carboxylic acids is 1. The highest BCUT2D eigenvalue weighted by atomic mass is 16.6. The number of aromatic nitrogens is 4. The van der Waals surface area contributed by atoms with Crippen LogP contribution < -0.4 is 11.4 Å². The summed E-state index contributed by atoms with van der Waals surface area (Å²) in [6.07, 6.45) is 3.62. The van der Waals surface area contributed by atoms with Crippen LogP contribution in [0.25, 0.3) is 27.4 Å². The Morgan fingerprint density at radius 2 is 1.92 bits per heavy atom. The summed E-state index contributed by atoms with van der Waals surface area (Å²) in [5, 5.41) is 6.63. The topological polar surface area (TPSA) is 129 Å². The zero-order valence-corrected chi connectivity index (χ0v) is 21.6. The highest BCUT2D eigenvalue weighted by molar-refractivity contribution is 5.94. The van der Waals surface area contributed by atoms with E-state index >= 15 is 0 Å². The number of fused-ring (bicyclic) bond motifs is 2. The fourth-order valence-corrected chi connectivity index (χ4v) is 4.78. The molecule has 10 heteroatoms. The Kier molecular flexibility index (Phi) is 5.97. The number of ether oxygens (including phenoxy) is 1. The molecule has 0 saturated heterocycles. The Labute approximate surface area is 213 Å². The molecule has 4 aromatic rings. The first-order valence-corrected chi connectivity index (χ1v) is 12.2. The molecule has 37 heavy (non-hydrogen) atoms. The summed E-state index contributed by atoms with van der Waals surface area (Å²) in [6, 6.07) is 6.93. The number of nitrogen functional groups attached to an aromatic ring is 1. The van der Waals surface area contributed by atoms with Gasteiger partial charge in [-0.3, -0.25) is 0 Å². The van der Waals surface area contributed by atoms with E-state index in [1.165, 1.54) is 6.33 Å². The zero-order chi connectivity index (χ0) is 26.5. The second-order valence-corrected chi connectivity index (χ2v) is 10.2. The third kappa shape index (κ3) is 4.43. The van der Waals surface area contributed by atoms with E-state index in [-0.39, 0.29) is 6.09 Å². The van der Waals surface area contributed by atoms with Crippen molar-refractivity contribution in [2.24, 2.45) is 0 Å². The molecule has 0 spiro atoms. The van der Waals surface area contributed by atoms with Gasteiger partial charge in [-0.25, -0.2) is 24.2 Å². The summed E-state index contributed by atoms with van der Waals surface area (Å²) < 4.78 is 13.2. The van der Waals surface area contributed by atoms with Crippen LogP contribution in [-0.4, -0.2) is 49.4 Å². The number of amides is 1. The van der Waals surface area contributed by atoms with Gasteiger partial charge in [-0.15, -0.1) is 0 Å². The maximum atomic E-state index is 13.0. The summed E-state index contributed by atoms with van der Waals surface area (Å²) >= 11 is 0. The van der Waals surface area contributed by atoms with Crippen molar-refractivity contribution in [3.05, 3.63) is 64.1 Å². The van der Waals surface area contributed by atoms with Crippen LogP contribution >= 0.6 is 0 Å². The Bertz CT molecular complexity index is 1610. The molecule has 3 aromatic heterocycles. The van der Waals surface area contributed by atoms with Crippen LogP contribution in [0.1, 0.15) is 57.2 Å². The highest BCUT2D eigenvalue weighted by Crippen LogP contribution is 2.36. The molecule has 10 nitrogen and oxygen atoms in total. The van der Waals surface area contributed by atoms with E-state index in [9.17, 15) is 9.59 Å². The first-order valence-electron chi connectivity index (χ1n) is 12.2. The van der Waals surface area contributed by atoms with Crippen LogP contribution in [0.2, 0.25) is 0 Å². The third-order valence-electron chi connectivity index (χ3n) is 6.49. The standard InChI is InChI=1S/C27H30N6O4/c1-15-20-23(28)29-14-30-24(20)33(31-15)16(2)22-21(18-8-6-7-9-19(18)25(34)36-22)17-10-12-32(13-11-17)26(35)37-27(3,4)5/h6-10,14,16H,11-13H2,1-5H3,(H2,28,29,30). The molecule has 0 aliphatic carbocycles. The van der Waals surface area contributed by atoms with Crippen molar-refractivity contribution in [3.8, 4) is 0 Å². The monoisotopic (exact) mass is 502 g/mol. The molecule has 1 aliphatic rings. The summed E-state index contributed by atoms with van der Waals surface area (Å²) in [5.74, 6) is 0.820. The van der Waals surface area contributed by atoms with Gasteiger partial charge in [0.1, 0.15) is 29.5 Å². The zero-order valence-electron chi connectivity index (χ0n) is 21.6. The van der Waals surface area contributed by atoms with Crippen LogP contribution in [0.3, 0.4) is 0 Å². The lowest BCUT2D eigenvalue weighted by Crippen LogP contribution is -2.39. The highest BCUT2D eigenvalue weighted by Gasteiger charge is 2.29. The maximum Gasteiger partial charge on any atom is 0.410 e. The van der Waals surface area contributed by atoms with Gasteiger partial charge in [0.15, 0.2) is 5.65 Å². The van der Waals surface area contributed by atoms with Gasteiger partial charge in [0.05, 0.1) is 16.5 Å². The third-order valence-corrected chi connectivity index (χ3v) is 6.49.